The molecule has 0 saturated carbocycles. The van der Waals surface area contributed by atoms with E-state index >= 15 is 0 Å². The summed E-state index contributed by atoms with van der Waals surface area (Å²) in [4.78, 5) is 8.97. The number of nitrogens with zero attached hydrogens (tertiary/aromatic N) is 2. The predicted octanol–water partition coefficient (Wildman–Crippen LogP) is 2.10. The first-order valence-electron chi connectivity index (χ1n) is 5.86. The van der Waals surface area contributed by atoms with E-state index in [4.69, 9.17) is 0 Å². The van der Waals surface area contributed by atoms with Gasteiger partial charge >= 0.3 is 0 Å². The third-order valence-electron chi connectivity index (χ3n) is 3.24. The van der Waals surface area contributed by atoms with Crippen LogP contribution in [0.25, 0.3) is 11.0 Å². The van der Waals surface area contributed by atoms with Crippen molar-refractivity contribution in [2.24, 2.45) is 0 Å². The lowest BCUT2D eigenvalue weighted by Crippen LogP contribution is -2.27. The van der Waals surface area contributed by atoms with Gasteiger partial charge in [-0.1, -0.05) is 0 Å². The third kappa shape index (κ3) is 1.78. The minimum atomic E-state index is 0.604. The minimum Gasteiger partial charge on any atom is -0.317 e. The molecule has 16 heavy (non-hydrogen) atoms. The van der Waals surface area contributed by atoms with Crippen LogP contribution in [0.1, 0.15) is 24.5 Å². The molecule has 2 aromatic rings. The summed E-state index contributed by atoms with van der Waals surface area (Å²) in [7, 11) is 0. The van der Waals surface area contributed by atoms with Gasteiger partial charge in [-0.2, -0.15) is 0 Å². The monoisotopic (exact) mass is 213 g/mol. The molecule has 1 aliphatic heterocycles. The van der Waals surface area contributed by atoms with E-state index < -0.39 is 0 Å². The molecule has 2 aromatic heterocycles. The Morgan fingerprint density at radius 2 is 2.00 bits per heavy atom. The van der Waals surface area contributed by atoms with Gasteiger partial charge in [0.1, 0.15) is 0 Å². The Morgan fingerprint density at radius 1 is 1.12 bits per heavy atom. The highest BCUT2D eigenvalue weighted by Crippen LogP contribution is 2.24. The fourth-order valence-electron chi connectivity index (χ4n) is 2.31. The van der Waals surface area contributed by atoms with Gasteiger partial charge in [0, 0.05) is 23.2 Å². The van der Waals surface area contributed by atoms with Crippen molar-refractivity contribution in [1.29, 1.82) is 0 Å². The molecule has 3 heteroatoms. The lowest BCUT2D eigenvalue weighted by atomic mass is 9.94. The highest BCUT2D eigenvalue weighted by atomic mass is 14.9. The molecule has 0 atom stereocenters. The van der Waals surface area contributed by atoms with Crippen molar-refractivity contribution in [3.05, 3.63) is 36.2 Å². The largest absolute Gasteiger partial charge is 0.317 e. The quantitative estimate of drug-likeness (QED) is 0.788. The Kier molecular flexibility index (Phi) is 2.54. The zero-order valence-electron chi connectivity index (χ0n) is 9.19. The number of piperidine rings is 1. The molecule has 0 bridgehead atoms. The lowest BCUT2D eigenvalue weighted by Gasteiger charge is -2.22. The number of aromatic nitrogens is 2. The fraction of sp³-hybridized carbons (Fsp3) is 0.385. The Morgan fingerprint density at radius 3 is 2.88 bits per heavy atom. The summed E-state index contributed by atoms with van der Waals surface area (Å²) >= 11 is 0. The van der Waals surface area contributed by atoms with Gasteiger partial charge in [-0.05, 0) is 50.2 Å². The van der Waals surface area contributed by atoms with Crippen LogP contribution in [0.3, 0.4) is 0 Å². The maximum Gasteiger partial charge on any atom is 0.159 e. The minimum absolute atomic E-state index is 0.604. The van der Waals surface area contributed by atoms with E-state index in [2.05, 4.69) is 33.5 Å². The number of hydrogen-bond donors (Lipinski definition) is 1. The van der Waals surface area contributed by atoms with Crippen LogP contribution in [-0.4, -0.2) is 23.1 Å². The summed E-state index contributed by atoms with van der Waals surface area (Å²) in [6, 6.07) is 8.29. The van der Waals surface area contributed by atoms with Crippen LogP contribution in [0.5, 0.6) is 0 Å². The van der Waals surface area contributed by atoms with E-state index in [1.807, 2.05) is 12.3 Å². The van der Waals surface area contributed by atoms with Crippen LogP contribution in [0.4, 0.5) is 0 Å². The number of fused-ring (bicyclic) bond motifs is 1. The van der Waals surface area contributed by atoms with E-state index in [0.29, 0.717) is 5.92 Å². The Balaban J connectivity index is 1.97. The maximum absolute atomic E-state index is 4.66. The first-order valence-corrected chi connectivity index (χ1v) is 5.86. The van der Waals surface area contributed by atoms with E-state index in [9.17, 15) is 0 Å². The van der Waals surface area contributed by atoms with Crippen molar-refractivity contribution in [1.82, 2.24) is 15.3 Å². The molecule has 0 spiro atoms. The Hall–Kier alpha value is -1.48. The molecule has 3 rings (SSSR count). The van der Waals surface area contributed by atoms with Crippen molar-refractivity contribution < 1.29 is 0 Å². The highest BCUT2D eigenvalue weighted by Gasteiger charge is 2.16. The summed E-state index contributed by atoms with van der Waals surface area (Å²) in [5.41, 5.74) is 2.08. The van der Waals surface area contributed by atoms with Crippen LogP contribution in [0, 0.1) is 0 Å². The molecular weight excluding hydrogens is 198 g/mol. The molecule has 0 amide bonds. The molecule has 1 aliphatic rings. The second-order valence-electron chi connectivity index (χ2n) is 4.31. The molecule has 0 unspecified atom stereocenters. The van der Waals surface area contributed by atoms with Crippen LogP contribution >= 0.6 is 0 Å². The summed E-state index contributed by atoms with van der Waals surface area (Å²) in [5.74, 6) is 0.604. The van der Waals surface area contributed by atoms with Gasteiger partial charge in [0.25, 0.3) is 0 Å². The topological polar surface area (TPSA) is 37.8 Å². The molecule has 0 aliphatic carbocycles. The van der Waals surface area contributed by atoms with Crippen LogP contribution in [0.15, 0.2) is 30.5 Å². The Labute approximate surface area is 94.9 Å². The molecular formula is C13H15N3. The molecule has 1 fully saturated rings. The highest BCUT2D eigenvalue weighted by molar-refractivity contribution is 5.74. The van der Waals surface area contributed by atoms with E-state index in [0.717, 1.165) is 24.1 Å². The lowest BCUT2D eigenvalue weighted by molar-refractivity contribution is 0.454. The maximum atomic E-state index is 4.66. The van der Waals surface area contributed by atoms with Crippen LogP contribution < -0.4 is 5.32 Å². The summed E-state index contributed by atoms with van der Waals surface area (Å²) in [6.45, 7) is 2.21. The molecule has 3 heterocycles. The Bertz CT molecular complexity index is 489. The number of rotatable bonds is 1. The molecule has 82 valence electrons. The average molecular weight is 213 g/mol. The second-order valence-corrected chi connectivity index (χ2v) is 4.31. The predicted molar refractivity (Wildman–Crippen MR) is 64.4 cm³/mol. The molecule has 3 nitrogen and oxygen atoms in total. The normalized spacial score (nSPS) is 17.8. The van der Waals surface area contributed by atoms with Crippen LogP contribution in [0.2, 0.25) is 0 Å². The van der Waals surface area contributed by atoms with Gasteiger partial charge in [0.15, 0.2) is 5.65 Å². The van der Waals surface area contributed by atoms with Gasteiger partial charge in [-0.25, -0.2) is 9.97 Å². The number of nitrogens with one attached hydrogen (secondary N) is 1. The van der Waals surface area contributed by atoms with Crippen molar-refractivity contribution >= 4 is 11.0 Å². The van der Waals surface area contributed by atoms with Crippen molar-refractivity contribution in [3.63, 3.8) is 0 Å². The molecule has 1 saturated heterocycles. The van der Waals surface area contributed by atoms with Gasteiger partial charge in [0.05, 0.1) is 0 Å². The van der Waals surface area contributed by atoms with Gasteiger partial charge in [-0.15, -0.1) is 0 Å². The summed E-state index contributed by atoms with van der Waals surface area (Å²) in [5, 5.41) is 4.50. The summed E-state index contributed by atoms with van der Waals surface area (Å²) in [6.07, 6.45) is 4.18. The van der Waals surface area contributed by atoms with Crippen molar-refractivity contribution in [2.45, 2.75) is 18.8 Å². The zero-order chi connectivity index (χ0) is 10.8. The number of pyridine rings is 2. The van der Waals surface area contributed by atoms with Crippen molar-refractivity contribution in [3.8, 4) is 0 Å². The van der Waals surface area contributed by atoms with Crippen LogP contribution in [-0.2, 0) is 0 Å². The van der Waals surface area contributed by atoms with E-state index in [1.165, 1.54) is 18.5 Å². The van der Waals surface area contributed by atoms with Gasteiger partial charge < -0.3 is 5.32 Å². The standard InChI is InChI=1S/C13H15N3/c1-2-11-3-4-12(16-13(11)15-7-1)10-5-8-14-9-6-10/h1-4,7,10,14H,5-6,8-9H2. The fourth-order valence-corrected chi connectivity index (χ4v) is 2.31. The van der Waals surface area contributed by atoms with Gasteiger partial charge in [0.2, 0.25) is 0 Å². The molecule has 0 aromatic carbocycles. The first-order chi connectivity index (χ1) is 7.93. The van der Waals surface area contributed by atoms with E-state index in [-0.39, 0.29) is 0 Å². The number of hydrogen-bond acceptors (Lipinski definition) is 3. The zero-order valence-corrected chi connectivity index (χ0v) is 9.19. The van der Waals surface area contributed by atoms with E-state index in [1.54, 1.807) is 0 Å². The third-order valence-corrected chi connectivity index (χ3v) is 3.24. The van der Waals surface area contributed by atoms with Crippen molar-refractivity contribution in [2.75, 3.05) is 13.1 Å². The smallest absolute Gasteiger partial charge is 0.159 e. The summed E-state index contributed by atoms with van der Waals surface area (Å²) < 4.78 is 0. The second kappa shape index (κ2) is 4.18. The molecule has 0 radical (unpaired) electrons. The average Bonchev–Trinajstić information content (AvgIpc) is 2.39. The molecule has 1 N–H and O–H groups in total. The first kappa shape index (κ1) is 9.73. The SMILES string of the molecule is c1cnc2nc(C3CCNCC3)ccc2c1. The van der Waals surface area contributed by atoms with Gasteiger partial charge in [-0.3, -0.25) is 0 Å².